The molecule has 0 bridgehead atoms. The van der Waals surface area contributed by atoms with Crippen LogP contribution in [0.1, 0.15) is 27.2 Å². The van der Waals surface area contributed by atoms with Crippen LogP contribution in [0.4, 0.5) is 0 Å². The molecule has 0 fully saturated rings. The molecule has 0 radical (unpaired) electrons. The van der Waals surface area contributed by atoms with Crippen LogP contribution in [0.15, 0.2) is 0 Å². The first kappa shape index (κ1) is 13.8. The molecule has 3 atom stereocenters. The maximum atomic E-state index is 11.5. The summed E-state index contributed by atoms with van der Waals surface area (Å²) in [5, 5.41) is 3.31. The zero-order valence-electron chi connectivity index (χ0n) is 9.54. The van der Waals surface area contributed by atoms with Crippen LogP contribution in [0.25, 0.3) is 0 Å². The van der Waals surface area contributed by atoms with Crippen molar-refractivity contribution < 1.29 is 4.79 Å². The number of hydrogen-bond acceptors (Lipinski definition) is 3. The number of nitrogens with one attached hydrogen (secondary N) is 1. The minimum Gasteiger partial charge on any atom is -0.354 e. The van der Waals surface area contributed by atoms with Crippen LogP contribution in [-0.2, 0) is 4.79 Å². The lowest BCUT2D eigenvalue weighted by Gasteiger charge is -2.18. The number of carbonyl (C=O) groups excluding carboxylic acids is 1. The molecule has 3 nitrogen and oxygen atoms in total. The molecule has 0 aromatic heterocycles. The highest BCUT2D eigenvalue weighted by Gasteiger charge is 2.19. The summed E-state index contributed by atoms with van der Waals surface area (Å²) < 4.78 is 0. The van der Waals surface area contributed by atoms with E-state index in [1.807, 2.05) is 20.1 Å². The minimum absolute atomic E-state index is 0.0275. The molecule has 0 aliphatic rings. The van der Waals surface area contributed by atoms with Crippen LogP contribution in [-0.4, -0.2) is 30.0 Å². The molecule has 0 aliphatic carbocycles. The highest BCUT2D eigenvalue weighted by atomic mass is 32.2. The smallest absolute Gasteiger partial charge is 0.237 e. The fourth-order valence-corrected chi connectivity index (χ4v) is 1.21. The number of rotatable bonds is 6. The zero-order chi connectivity index (χ0) is 11.1. The fraction of sp³-hybridized carbons (Fsp3) is 0.900. The van der Waals surface area contributed by atoms with Crippen molar-refractivity contribution in [2.24, 2.45) is 11.7 Å². The van der Waals surface area contributed by atoms with Gasteiger partial charge in [-0.15, -0.1) is 0 Å². The third kappa shape index (κ3) is 4.86. The summed E-state index contributed by atoms with van der Waals surface area (Å²) in [7, 11) is 0. The predicted molar refractivity (Wildman–Crippen MR) is 63.4 cm³/mol. The fourth-order valence-electron chi connectivity index (χ4n) is 0.958. The molecule has 0 saturated carbocycles. The van der Waals surface area contributed by atoms with Gasteiger partial charge in [-0.1, -0.05) is 27.2 Å². The molecule has 0 heterocycles. The molecule has 2 unspecified atom stereocenters. The molecule has 1 amide bonds. The second-order valence-corrected chi connectivity index (χ2v) is 4.98. The van der Waals surface area contributed by atoms with E-state index in [0.717, 1.165) is 6.42 Å². The highest BCUT2D eigenvalue weighted by molar-refractivity contribution is 7.99. The van der Waals surface area contributed by atoms with E-state index in [0.29, 0.717) is 11.8 Å². The summed E-state index contributed by atoms with van der Waals surface area (Å²) in [5.41, 5.74) is 5.78. The Morgan fingerprint density at radius 3 is 2.50 bits per heavy atom. The van der Waals surface area contributed by atoms with Gasteiger partial charge in [0.2, 0.25) is 5.91 Å². The van der Waals surface area contributed by atoms with Crippen LogP contribution < -0.4 is 11.1 Å². The second kappa shape index (κ2) is 7.12. The molecule has 3 N–H and O–H groups in total. The van der Waals surface area contributed by atoms with Crippen molar-refractivity contribution in [2.45, 2.75) is 38.5 Å². The quantitative estimate of drug-likeness (QED) is 0.705. The normalized spacial score (nSPS) is 17.2. The van der Waals surface area contributed by atoms with Gasteiger partial charge in [-0.05, 0) is 12.2 Å². The van der Waals surface area contributed by atoms with Gasteiger partial charge in [-0.2, -0.15) is 11.8 Å². The van der Waals surface area contributed by atoms with Crippen molar-refractivity contribution in [1.82, 2.24) is 5.32 Å². The van der Waals surface area contributed by atoms with E-state index in [-0.39, 0.29) is 17.9 Å². The van der Waals surface area contributed by atoms with Crippen LogP contribution in [0, 0.1) is 5.92 Å². The lowest BCUT2D eigenvalue weighted by Crippen LogP contribution is -2.46. The van der Waals surface area contributed by atoms with Crippen molar-refractivity contribution >= 4 is 17.7 Å². The molecular weight excluding hydrogens is 196 g/mol. The third-order valence-electron chi connectivity index (χ3n) is 2.53. The number of nitrogens with two attached hydrogens (primary N) is 1. The van der Waals surface area contributed by atoms with E-state index in [1.54, 1.807) is 11.8 Å². The molecule has 0 rings (SSSR count). The number of amides is 1. The minimum atomic E-state index is -0.367. The number of carbonyl (C=O) groups is 1. The molecule has 0 aromatic carbocycles. The maximum Gasteiger partial charge on any atom is 0.237 e. The van der Waals surface area contributed by atoms with Crippen molar-refractivity contribution in [1.29, 1.82) is 0 Å². The maximum absolute atomic E-state index is 11.5. The van der Waals surface area contributed by atoms with Crippen LogP contribution in [0.5, 0.6) is 0 Å². The van der Waals surface area contributed by atoms with Crippen molar-refractivity contribution in [3.63, 3.8) is 0 Å². The molecular formula is C10H22N2OS. The Morgan fingerprint density at radius 1 is 1.50 bits per heavy atom. The van der Waals surface area contributed by atoms with Gasteiger partial charge in [0, 0.05) is 11.8 Å². The van der Waals surface area contributed by atoms with E-state index in [1.165, 1.54) is 0 Å². The van der Waals surface area contributed by atoms with E-state index >= 15 is 0 Å². The van der Waals surface area contributed by atoms with Gasteiger partial charge >= 0.3 is 0 Å². The van der Waals surface area contributed by atoms with Gasteiger partial charge in [0.05, 0.1) is 6.04 Å². The number of thioether (sulfide) groups is 1. The predicted octanol–water partition coefficient (Wildman–Crippen LogP) is 1.23. The van der Waals surface area contributed by atoms with Crippen LogP contribution >= 0.6 is 11.8 Å². The highest BCUT2D eigenvalue weighted by Crippen LogP contribution is 2.06. The summed E-state index contributed by atoms with van der Waals surface area (Å²) >= 11 is 1.74. The molecule has 0 saturated heterocycles. The van der Waals surface area contributed by atoms with Crippen LogP contribution in [0.2, 0.25) is 0 Å². The first-order valence-electron chi connectivity index (χ1n) is 5.09. The van der Waals surface area contributed by atoms with E-state index in [4.69, 9.17) is 5.73 Å². The lowest BCUT2D eigenvalue weighted by molar-refractivity contribution is -0.123. The van der Waals surface area contributed by atoms with E-state index < -0.39 is 0 Å². The average molecular weight is 218 g/mol. The Kier molecular flexibility index (Phi) is 7.01. The van der Waals surface area contributed by atoms with Gasteiger partial charge in [-0.3, -0.25) is 4.79 Å². The van der Waals surface area contributed by atoms with Gasteiger partial charge in [0.1, 0.15) is 0 Å². The van der Waals surface area contributed by atoms with E-state index in [2.05, 4.69) is 12.2 Å². The van der Waals surface area contributed by atoms with Gasteiger partial charge in [0.25, 0.3) is 0 Å². The summed E-state index contributed by atoms with van der Waals surface area (Å²) in [6, 6.07) is -0.367. The first-order chi connectivity index (χ1) is 6.52. The largest absolute Gasteiger partial charge is 0.354 e. The van der Waals surface area contributed by atoms with Crippen molar-refractivity contribution in [3.05, 3.63) is 0 Å². The third-order valence-corrected chi connectivity index (χ3v) is 3.50. The Balaban J connectivity index is 3.84. The number of hydrogen-bond donors (Lipinski definition) is 2. The Morgan fingerprint density at radius 2 is 2.07 bits per heavy atom. The molecule has 0 spiro atoms. The monoisotopic (exact) mass is 218 g/mol. The lowest BCUT2D eigenvalue weighted by atomic mass is 9.99. The Labute approximate surface area is 91.2 Å². The average Bonchev–Trinajstić information content (AvgIpc) is 2.22. The SMILES string of the molecule is CCC(C)[C@H](N)C(=O)NCC(C)SC. The van der Waals surface area contributed by atoms with Crippen molar-refractivity contribution in [3.8, 4) is 0 Å². The van der Waals surface area contributed by atoms with E-state index in [9.17, 15) is 4.79 Å². The zero-order valence-corrected chi connectivity index (χ0v) is 10.4. The molecule has 0 aliphatic heterocycles. The standard InChI is InChI=1S/C10H22N2OS/c1-5-7(2)9(11)10(13)12-6-8(3)14-4/h7-9H,5-6,11H2,1-4H3,(H,12,13)/t7?,8?,9-/m0/s1. The summed E-state index contributed by atoms with van der Waals surface area (Å²) in [5.74, 6) is 0.222. The van der Waals surface area contributed by atoms with Gasteiger partial charge in [0.15, 0.2) is 0 Å². The van der Waals surface area contributed by atoms with Crippen molar-refractivity contribution in [2.75, 3.05) is 12.8 Å². The second-order valence-electron chi connectivity index (χ2n) is 3.70. The summed E-state index contributed by atoms with van der Waals surface area (Å²) in [6.45, 7) is 6.83. The molecule has 0 aromatic rings. The molecule has 4 heteroatoms. The first-order valence-corrected chi connectivity index (χ1v) is 6.37. The van der Waals surface area contributed by atoms with Crippen LogP contribution in [0.3, 0.4) is 0 Å². The Hall–Kier alpha value is -0.220. The Bertz CT molecular complexity index is 176. The molecule has 84 valence electrons. The molecule has 14 heavy (non-hydrogen) atoms. The summed E-state index contributed by atoms with van der Waals surface area (Å²) in [6.07, 6.45) is 2.97. The van der Waals surface area contributed by atoms with Gasteiger partial charge < -0.3 is 11.1 Å². The topological polar surface area (TPSA) is 55.1 Å². The van der Waals surface area contributed by atoms with Gasteiger partial charge in [-0.25, -0.2) is 0 Å². The summed E-state index contributed by atoms with van der Waals surface area (Å²) in [4.78, 5) is 11.5.